The molecule has 1 fully saturated rings. The lowest BCUT2D eigenvalue weighted by Gasteiger charge is -2.29. The van der Waals surface area contributed by atoms with Crippen molar-refractivity contribution < 1.29 is 50.6 Å². The van der Waals surface area contributed by atoms with Gasteiger partial charge in [-0.15, -0.1) is 23.2 Å². The molecule has 1 aliphatic carbocycles. The SMILES string of the molecule is CC(C)(C)OC(=O)N(C(=O)OC(C)(C)C)c1c(F)ccc(CC(=O)c2cc(NC(=O)C3C(c4cccc(C(F)(F)F)c4)C3(Cl)Cl)ccc2Cl)c1F. The minimum atomic E-state index is -4.63. The summed E-state index contributed by atoms with van der Waals surface area (Å²) < 4.78 is 79.7. The molecular formula is C35H32Cl3F5N2O6. The van der Waals surface area contributed by atoms with Crippen molar-refractivity contribution in [1.82, 2.24) is 0 Å². The fourth-order valence-corrected chi connectivity index (χ4v) is 6.13. The van der Waals surface area contributed by atoms with E-state index < -0.39 is 92.3 Å². The minimum absolute atomic E-state index is 0.0212. The second-order valence-corrected chi connectivity index (χ2v) is 15.6. The number of Topliss-reactive ketones (excluding diaryl/α,β-unsaturated/α-hetero) is 1. The third-order valence-electron chi connectivity index (χ3n) is 7.32. The summed E-state index contributed by atoms with van der Waals surface area (Å²) in [5, 5.41) is 2.41. The molecule has 1 aliphatic rings. The molecule has 3 amide bonds. The van der Waals surface area contributed by atoms with E-state index in [1.807, 2.05) is 0 Å². The van der Waals surface area contributed by atoms with Crippen LogP contribution in [-0.2, 0) is 26.9 Å². The van der Waals surface area contributed by atoms with Gasteiger partial charge in [0.1, 0.15) is 21.2 Å². The van der Waals surface area contributed by atoms with Crippen LogP contribution in [0.4, 0.5) is 42.9 Å². The van der Waals surface area contributed by atoms with Crippen molar-refractivity contribution in [2.24, 2.45) is 5.92 Å². The third-order valence-corrected chi connectivity index (χ3v) is 8.59. The van der Waals surface area contributed by atoms with Crippen molar-refractivity contribution >= 4 is 70.1 Å². The summed E-state index contributed by atoms with van der Waals surface area (Å²) in [7, 11) is 0. The number of amides is 3. The number of rotatable bonds is 7. The van der Waals surface area contributed by atoms with Crippen molar-refractivity contribution in [3.05, 3.63) is 93.5 Å². The van der Waals surface area contributed by atoms with Gasteiger partial charge < -0.3 is 14.8 Å². The lowest BCUT2D eigenvalue weighted by atomic mass is 10.0. The number of alkyl halides is 5. The first-order valence-electron chi connectivity index (χ1n) is 15.2. The summed E-state index contributed by atoms with van der Waals surface area (Å²) in [6.45, 7) is 8.84. The molecule has 16 heteroatoms. The van der Waals surface area contributed by atoms with E-state index in [0.29, 0.717) is 0 Å². The Morgan fingerprint density at radius 1 is 0.863 bits per heavy atom. The molecule has 3 aromatic rings. The molecule has 0 radical (unpaired) electrons. The number of nitrogens with zero attached hydrogens (tertiary/aromatic N) is 1. The molecule has 274 valence electrons. The smallest absolute Gasteiger partial charge is 0.424 e. The van der Waals surface area contributed by atoms with Crippen molar-refractivity contribution in [2.75, 3.05) is 10.2 Å². The van der Waals surface area contributed by atoms with E-state index in [1.165, 1.54) is 71.9 Å². The first kappa shape index (κ1) is 39.8. The molecule has 8 nitrogen and oxygen atoms in total. The van der Waals surface area contributed by atoms with E-state index in [1.54, 1.807) is 0 Å². The highest BCUT2D eigenvalue weighted by molar-refractivity contribution is 6.53. The Morgan fingerprint density at radius 2 is 1.45 bits per heavy atom. The second-order valence-electron chi connectivity index (χ2n) is 13.7. The molecule has 0 saturated heterocycles. The average molecular weight is 778 g/mol. The van der Waals surface area contributed by atoms with Crippen LogP contribution in [0, 0.1) is 17.6 Å². The Kier molecular flexibility index (Phi) is 11.1. The molecule has 2 atom stereocenters. The number of carbonyl (C=O) groups excluding carboxylic acids is 4. The van der Waals surface area contributed by atoms with Crippen LogP contribution in [0.1, 0.15) is 74.5 Å². The highest BCUT2D eigenvalue weighted by Crippen LogP contribution is 2.65. The van der Waals surface area contributed by atoms with Gasteiger partial charge in [0, 0.05) is 23.6 Å². The molecule has 4 rings (SSSR count). The summed E-state index contributed by atoms with van der Waals surface area (Å²) in [5.41, 5.74) is -4.96. The number of ether oxygens (including phenoxy) is 2. The zero-order valence-corrected chi connectivity index (χ0v) is 30.2. The summed E-state index contributed by atoms with van der Waals surface area (Å²) in [5.74, 6) is -6.48. The Bertz CT molecular complexity index is 1860. The molecule has 0 aliphatic heterocycles. The molecule has 0 aromatic heterocycles. The van der Waals surface area contributed by atoms with Gasteiger partial charge in [0.2, 0.25) is 5.91 Å². The largest absolute Gasteiger partial charge is 0.443 e. The minimum Gasteiger partial charge on any atom is -0.443 e. The van der Waals surface area contributed by atoms with Crippen LogP contribution in [0.3, 0.4) is 0 Å². The predicted molar refractivity (Wildman–Crippen MR) is 182 cm³/mol. The molecule has 51 heavy (non-hydrogen) atoms. The maximum absolute atomic E-state index is 16.0. The van der Waals surface area contributed by atoms with Crippen molar-refractivity contribution in [3.63, 3.8) is 0 Å². The number of ketones is 1. The number of nitrogens with one attached hydrogen (secondary N) is 1. The monoisotopic (exact) mass is 776 g/mol. The quantitative estimate of drug-likeness (QED) is 0.146. The number of halogens is 8. The van der Waals surface area contributed by atoms with E-state index in [2.05, 4.69) is 5.32 Å². The molecule has 2 unspecified atom stereocenters. The highest BCUT2D eigenvalue weighted by Gasteiger charge is 2.67. The Hall–Kier alpha value is -3.94. The maximum atomic E-state index is 16.0. The summed E-state index contributed by atoms with van der Waals surface area (Å²) >= 11 is 18.9. The zero-order chi connectivity index (χ0) is 38.4. The number of anilines is 2. The van der Waals surface area contributed by atoms with Crippen LogP contribution in [0.15, 0.2) is 54.6 Å². The lowest BCUT2D eigenvalue weighted by Crippen LogP contribution is -2.44. The van der Waals surface area contributed by atoms with E-state index in [4.69, 9.17) is 44.3 Å². The Morgan fingerprint density at radius 3 is 2.00 bits per heavy atom. The zero-order valence-electron chi connectivity index (χ0n) is 28.0. The van der Waals surface area contributed by atoms with E-state index in [0.717, 1.165) is 24.3 Å². The van der Waals surface area contributed by atoms with Gasteiger partial charge >= 0.3 is 18.4 Å². The Labute approximate surface area is 305 Å². The normalized spacial score (nSPS) is 17.0. The van der Waals surface area contributed by atoms with Crippen LogP contribution < -0.4 is 10.2 Å². The Balaban J connectivity index is 1.59. The van der Waals surface area contributed by atoms with Crippen LogP contribution >= 0.6 is 34.8 Å². The van der Waals surface area contributed by atoms with Gasteiger partial charge in [-0.3, -0.25) is 9.59 Å². The van der Waals surface area contributed by atoms with Gasteiger partial charge in [0.05, 0.1) is 16.5 Å². The number of benzene rings is 3. The topological polar surface area (TPSA) is 102 Å². The van der Waals surface area contributed by atoms with Gasteiger partial charge in [-0.05, 0) is 83.0 Å². The van der Waals surface area contributed by atoms with Crippen LogP contribution in [0.25, 0.3) is 0 Å². The predicted octanol–water partition coefficient (Wildman–Crippen LogP) is 10.3. The number of imide groups is 1. The third kappa shape index (κ3) is 9.30. The van der Waals surface area contributed by atoms with Gasteiger partial charge in [-0.2, -0.15) is 18.1 Å². The number of carbonyl (C=O) groups is 4. The molecule has 3 aromatic carbocycles. The molecule has 0 bridgehead atoms. The second kappa shape index (κ2) is 14.2. The van der Waals surface area contributed by atoms with E-state index >= 15 is 8.78 Å². The average Bonchev–Trinajstić information content (AvgIpc) is 3.57. The maximum Gasteiger partial charge on any atom is 0.424 e. The summed E-state index contributed by atoms with van der Waals surface area (Å²) in [6, 6.07) is 9.72. The van der Waals surface area contributed by atoms with Crippen molar-refractivity contribution in [1.29, 1.82) is 0 Å². The number of hydrogen-bond acceptors (Lipinski definition) is 6. The van der Waals surface area contributed by atoms with Gasteiger partial charge in [-0.25, -0.2) is 18.4 Å². The van der Waals surface area contributed by atoms with Gasteiger partial charge in [0.15, 0.2) is 17.4 Å². The summed E-state index contributed by atoms with van der Waals surface area (Å²) in [6.07, 6.45) is -8.26. The van der Waals surface area contributed by atoms with Crippen LogP contribution in [-0.4, -0.2) is 39.4 Å². The fourth-order valence-electron chi connectivity index (χ4n) is 5.08. The van der Waals surface area contributed by atoms with E-state index in [-0.39, 0.29) is 26.7 Å². The molecular weight excluding hydrogens is 746 g/mol. The summed E-state index contributed by atoms with van der Waals surface area (Å²) in [4.78, 5) is 52.8. The fraction of sp³-hybridized carbons (Fsp3) is 0.371. The van der Waals surface area contributed by atoms with Crippen LogP contribution in [0.2, 0.25) is 5.02 Å². The standard InChI is InChI=1S/C35H32Cl3F5N2O6/c1-32(2,3)50-30(48)45(31(49)51-33(4,5)6)28-23(39)13-10-18(27(28)40)15-24(46)21-16-20(11-12-22(21)36)44-29(47)26-25(34(26,37)38)17-8-7-9-19(14-17)35(41,42)43/h7-14,16,25-26H,15H2,1-6H3,(H,44,47). The highest BCUT2D eigenvalue weighted by atomic mass is 35.5. The van der Waals surface area contributed by atoms with Crippen LogP contribution in [0.5, 0.6) is 0 Å². The lowest BCUT2D eigenvalue weighted by molar-refractivity contribution is -0.137. The first-order valence-corrected chi connectivity index (χ1v) is 16.4. The molecule has 0 spiro atoms. The van der Waals surface area contributed by atoms with Gasteiger partial charge in [0.25, 0.3) is 0 Å². The van der Waals surface area contributed by atoms with Crippen molar-refractivity contribution in [2.45, 2.75) is 75.6 Å². The number of hydrogen-bond donors (Lipinski definition) is 1. The molecule has 1 saturated carbocycles. The molecule has 0 heterocycles. The van der Waals surface area contributed by atoms with Crippen molar-refractivity contribution in [3.8, 4) is 0 Å². The first-order chi connectivity index (χ1) is 23.3. The van der Waals surface area contributed by atoms with Gasteiger partial charge in [-0.1, -0.05) is 35.9 Å². The molecule has 1 N–H and O–H groups in total. The van der Waals surface area contributed by atoms with E-state index in [9.17, 15) is 32.3 Å².